The fourth-order valence-corrected chi connectivity index (χ4v) is 3.00. The standard InChI is InChI=1S/C19H33N5O/c1-4-25-18-9-6-5-8-17(18)16-22-19(20-2)21-10-13-24-12-7-11-23(3)14-15-24/h5-6,8-9H,4,7,10-16H2,1-3H3,(H2,20,21,22). The van der Waals surface area contributed by atoms with Gasteiger partial charge < -0.3 is 25.2 Å². The van der Waals surface area contributed by atoms with E-state index in [1.807, 2.05) is 32.2 Å². The number of nitrogens with one attached hydrogen (secondary N) is 2. The Hall–Kier alpha value is -1.79. The normalized spacial score (nSPS) is 17.2. The predicted octanol–water partition coefficient (Wildman–Crippen LogP) is 1.39. The molecule has 0 unspecified atom stereocenters. The second-order valence-electron chi connectivity index (χ2n) is 6.39. The van der Waals surface area contributed by atoms with Gasteiger partial charge in [0.15, 0.2) is 5.96 Å². The molecule has 0 spiro atoms. The second-order valence-corrected chi connectivity index (χ2v) is 6.39. The number of benzene rings is 1. The third-order valence-corrected chi connectivity index (χ3v) is 4.47. The molecule has 1 aliphatic heterocycles. The van der Waals surface area contributed by atoms with Crippen molar-refractivity contribution in [3.05, 3.63) is 29.8 Å². The molecule has 1 aliphatic rings. The Morgan fingerprint density at radius 1 is 1.16 bits per heavy atom. The van der Waals surface area contributed by atoms with Gasteiger partial charge in [0, 0.05) is 45.3 Å². The van der Waals surface area contributed by atoms with Gasteiger partial charge in [0.2, 0.25) is 0 Å². The molecule has 1 fully saturated rings. The van der Waals surface area contributed by atoms with Crippen molar-refractivity contribution in [2.75, 3.05) is 60.0 Å². The molecule has 1 aromatic rings. The van der Waals surface area contributed by atoms with Crippen molar-refractivity contribution in [1.29, 1.82) is 0 Å². The number of ether oxygens (including phenoxy) is 1. The van der Waals surface area contributed by atoms with Crippen molar-refractivity contribution in [3.8, 4) is 5.75 Å². The molecule has 6 heteroatoms. The maximum Gasteiger partial charge on any atom is 0.191 e. The van der Waals surface area contributed by atoms with Crippen molar-refractivity contribution >= 4 is 5.96 Å². The molecule has 0 amide bonds. The van der Waals surface area contributed by atoms with E-state index in [0.717, 1.165) is 43.5 Å². The Labute approximate surface area is 152 Å². The van der Waals surface area contributed by atoms with Crippen LogP contribution in [0.1, 0.15) is 18.9 Å². The van der Waals surface area contributed by atoms with Gasteiger partial charge in [-0.3, -0.25) is 4.99 Å². The molecular formula is C19H33N5O. The predicted molar refractivity (Wildman–Crippen MR) is 104 cm³/mol. The molecule has 0 bridgehead atoms. The number of guanidine groups is 1. The first-order chi connectivity index (χ1) is 12.2. The Kier molecular flexibility index (Phi) is 8.55. The minimum atomic E-state index is 0.676. The summed E-state index contributed by atoms with van der Waals surface area (Å²) in [5, 5.41) is 6.79. The fourth-order valence-electron chi connectivity index (χ4n) is 3.00. The summed E-state index contributed by atoms with van der Waals surface area (Å²) in [4.78, 5) is 9.25. The van der Waals surface area contributed by atoms with Crippen molar-refractivity contribution < 1.29 is 4.74 Å². The van der Waals surface area contributed by atoms with Crippen LogP contribution < -0.4 is 15.4 Å². The molecule has 1 saturated heterocycles. The highest BCUT2D eigenvalue weighted by molar-refractivity contribution is 5.79. The summed E-state index contributed by atoms with van der Waals surface area (Å²) in [6, 6.07) is 8.12. The van der Waals surface area contributed by atoms with E-state index in [1.54, 1.807) is 0 Å². The highest BCUT2D eigenvalue weighted by Crippen LogP contribution is 2.17. The van der Waals surface area contributed by atoms with Gasteiger partial charge in [0.25, 0.3) is 0 Å². The van der Waals surface area contributed by atoms with Crippen molar-refractivity contribution in [2.45, 2.75) is 19.9 Å². The summed E-state index contributed by atoms with van der Waals surface area (Å²) in [6.45, 7) is 10.0. The monoisotopic (exact) mass is 347 g/mol. The van der Waals surface area contributed by atoms with Gasteiger partial charge in [-0.15, -0.1) is 0 Å². The second kappa shape index (κ2) is 10.9. The molecule has 0 atom stereocenters. The summed E-state index contributed by atoms with van der Waals surface area (Å²) in [5.41, 5.74) is 1.14. The number of rotatable bonds is 7. The number of likely N-dealkylation sites (N-methyl/N-ethyl adjacent to an activating group) is 1. The fraction of sp³-hybridized carbons (Fsp3) is 0.632. The molecule has 25 heavy (non-hydrogen) atoms. The molecule has 0 radical (unpaired) electrons. The van der Waals surface area contributed by atoms with E-state index in [2.05, 4.69) is 38.5 Å². The number of hydrogen-bond donors (Lipinski definition) is 2. The van der Waals surface area contributed by atoms with E-state index >= 15 is 0 Å². The largest absolute Gasteiger partial charge is 0.494 e. The smallest absolute Gasteiger partial charge is 0.191 e. The van der Waals surface area contributed by atoms with Gasteiger partial charge in [-0.25, -0.2) is 0 Å². The highest BCUT2D eigenvalue weighted by atomic mass is 16.5. The van der Waals surface area contributed by atoms with Crippen LogP contribution in [0, 0.1) is 0 Å². The SMILES string of the molecule is CCOc1ccccc1CNC(=NC)NCCN1CCCN(C)CC1. The average molecular weight is 348 g/mol. The lowest BCUT2D eigenvalue weighted by molar-refractivity contribution is 0.280. The van der Waals surface area contributed by atoms with Crippen molar-refractivity contribution in [3.63, 3.8) is 0 Å². The molecular weight excluding hydrogens is 314 g/mol. The molecule has 1 aromatic carbocycles. The van der Waals surface area contributed by atoms with E-state index in [9.17, 15) is 0 Å². The van der Waals surface area contributed by atoms with Crippen LogP contribution in [0.15, 0.2) is 29.3 Å². The average Bonchev–Trinajstić information content (AvgIpc) is 2.83. The van der Waals surface area contributed by atoms with Crippen LogP contribution in [0.25, 0.3) is 0 Å². The third-order valence-electron chi connectivity index (χ3n) is 4.47. The zero-order valence-electron chi connectivity index (χ0n) is 15.9. The van der Waals surface area contributed by atoms with Crippen molar-refractivity contribution in [2.24, 2.45) is 4.99 Å². The van der Waals surface area contributed by atoms with Crippen LogP contribution in [-0.4, -0.2) is 75.7 Å². The minimum Gasteiger partial charge on any atom is -0.494 e. The molecule has 2 N–H and O–H groups in total. The van der Waals surface area contributed by atoms with Crippen LogP contribution in [0.4, 0.5) is 0 Å². The first kappa shape index (κ1) is 19.5. The minimum absolute atomic E-state index is 0.676. The number of nitrogens with zero attached hydrogens (tertiary/aromatic N) is 3. The Bertz CT molecular complexity index is 534. The van der Waals surface area contributed by atoms with Crippen LogP contribution in [-0.2, 0) is 6.54 Å². The first-order valence-corrected chi connectivity index (χ1v) is 9.29. The lowest BCUT2D eigenvalue weighted by atomic mass is 10.2. The lowest BCUT2D eigenvalue weighted by Gasteiger charge is -2.21. The van der Waals surface area contributed by atoms with Gasteiger partial charge in [0.05, 0.1) is 6.61 Å². The first-order valence-electron chi connectivity index (χ1n) is 9.29. The highest BCUT2D eigenvalue weighted by Gasteiger charge is 2.11. The van der Waals surface area contributed by atoms with Crippen molar-refractivity contribution in [1.82, 2.24) is 20.4 Å². The Balaban J connectivity index is 1.74. The lowest BCUT2D eigenvalue weighted by Crippen LogP contribution is -2.42. The van der Waals surface area contributed by atoms with E-state index in [0.29, 0.717) is 13.2 Å². The van der Waals surface area contributed by atoms with Gasteiger partial charge in [0.1, 0.15) is 5.75 Å². The molecule has 6 nitrogen and oxygen atoms in total. The summed E-state index contributed by atoms with van der Waals surface area (Å²) in [6.07, 6.45) is 1.25. The van der Waals surface area contributed by atoms with Gasteiger partial charge in [-0.1, -0.05) is 18.2 Å². The van der Waals surface area contributed by atoms with E-state index in [4.69, 9.17) is 4.74 Å². The summed E-state index contributed by atoms with van der Waals surface area (Å²) >= 11 is 0. The zero-order chi connectivity index (χ0) is 17.9. The molecule has 0 saturated carbocycles. The topological polar surface area (TPSA) is 52.1 Å². The Morgan fingerprint density at radius 2 is 2.00 bits per heavy atom. The number of aliphatic imine (C=N–C) groups is 1. The van der Waals surface area contributed by atoms with Crippen LogP contribution >= 0.6 is 0 Å². The Morgan fingerprint density at radius 3 is 2.80 bits per heavy atom. The molecule has 0 aliphatic carbocycles. The summed E-state index contributed by atoms with van der Waals surface area (Å²) in [7, 11) is 4.01. The quantitative estimate of drug-likeness (QED) is 0.577. The maximum absolute atomic E-state index is 5.67. The van der Waals surface area contributed by atoms with Gasteiger partial charge in [-0.2, -0.15) is 0 Å². The van der Waals surface area contributed by atoms with Crippen LogP contribution in [0.3, 0.4) is 0 Å². The molecule has 2 rings (SSSR count). The number of para-hydroxylation sites is 1. The summed E-state index contributed by atoms with van der Waals surface area (Å²) < 4.78 is 5.67. The van der Waals surface area contributed by atoms with Crippen LogP contribution in [0.5, 0.6) is 5.75 Å². The molecule has 1 heterocycles. The molecule has 0 aromatic heterocycles. The maximum atomic E-state index is 5.67. The van der Waals surface area contributed by atoms with E-state index in [-0.39, 0.29) is 0 Å². The van der Waals surface area contributed by atoms with E-state index in [1.165, 1.54) is 19.5 Å². The third kappa shape index (κ3) is 6.92. The van der Waals surface area contributed by atoms with Crippen LogP contribution in [0.2, 0.25) is 0 Å². The van der Waals surface area contributed by atoms with Gasteiger partial charge >= 0.3 is 0 Å². The number of hydrogen-bond acceptors (Lipinski definition) is 4. The van der Waals surface area contributed by atoms with Gasteiger partial charge in [-0.05, 0) is 39.5 Å². The van der Waals surface area contributed by atoms with E-state index < -0.39 is 0 Å². The zero-order valence-corrected chi connectivity index (χ0v) is 15.9. The molecule has 140 valence electrons. The summed E-state index contributed by atoms with van der Waals surface area (Å²) in [5.74, 6) is 1.76.